The van der Waals surface area contributed by atoms with Crippen LogP contribution in [0.15, 0.2) is 18.3 Å². The predicted octanol–water partition coefficient (Wildman–Crippen LogP) is 2.20. The fraction of sp³-hybridized carbons (Fsp3) is 0.500. The number of fused-ring (bicyclic) bond motifs is 1. The van der Waals surface area contributed by atoms with Crippen molar-refractivity contribution < 1.29 is 5.11 Å². The lowest BCUT2D eigenvalue weighted by Gasteiger charge is -2.42. The zero-order valence-corrected chi connectivity index (χ0v) is 12.3. The molecule has 0 amide bonds. The van der Waals surface area contributed by atoms with Gasteiger partial charge < -0.3 is 10.0 Å². The zero-order valence-electron chi connectivity index (χ0n) is 11.5. The molecule has 5 nitrogen and oxygen atoms in total. The molecule has 1 aromatic heterocycles. The van der Waals surface area contributed by atoms with Gasteiger partial charge >= 0.3 is 0 Å². The van der Waals surface area contributed by atoms with E-state index in [0.717, 1.165) is 36.2 Å². The van der Waals surface area contributed by atoms with Crippen LogP contribution in [0.5, 0.6) is 5.75 Å². The van der Waals surface area contributed by atoms with Gasteiger partial charge in [-0.3, -0.25) is 5.10 Å². The van der Waals surface area contributed by atoms with Crippen LogP contribution in [0, 0.1) is 0 Å². The van der Waals surface area contributed by atoms with E-state index in [1.165, 1.54) is 12.8 Å². The number of nitrogens with one attached hydrogen (secondary N) is 1. The summed E-state index contributed by atoms with van der Waals surface area (Å²) in [5, 5.41) is 18.1. The SMILES string of the molecule is CSN1CCN(c2cc(O)cc3[nH]ncc23)CC12CC2. The van der Waals surface area contributed by atoms with Crippen molar-refractivity contribution in [2.75, 3.05) is 30.8 Å². The number of aromatic amines is 1. The number of hydrogen-bond donors (Lipinski definition) is 2. The van der Waals surface area contributed by atoms with Crippen molar-refractivity contribution in [2.45, 2.75) is 18.4 Å². The lowest BCUT2D eigenvalue weighted by Crippen LogP contribution is -2.52. The summed E-state index contributed by atoms with van der Waals surface area (Å²) in [5.74, 6) is 0.300. The second kappa shape index (κ2) is 4.30. The number of phenolic OH excluding ortho intramolecular Hbond substituents is 1. The molecule has 1 aliphatic carbocycles. The number of aromatic hydroxyl groups is 1. The van der Waals surface area contributed by atoms with Crippen LogP contribution < -0.4 is 4.90 Å². The first-order valence-electron chi connectivity index (χ1n) is 6.95. The van der Waals surface area contributed by atoms with Gasteiger partial charge in [0.25, 0.3) is 0 Å². The summed E-state index contributed by atoms with van der Waals surface area (Å²) >= 11 is 1.86. The summed E-state index contributed by atoms with van der Waals surface area (Å²) in [6, 6.07) is 3.60. The number of rotatable bonds is 2. The van der Waals surface area contributed by atoms with Crippen LogP contribution in [0.3, 0.4) is 0 Å². The molecule has 2 aliphatic rings. The Kier molecular flexibility index (Phi) is 2.65. The fourth-order valence-corrected chi connectivity index (χ4v) is 4.18. The van der Waals surface area contributed by atoms with Crippen molar-refractivity contribution in [3.8, 4) is 5.75 Å². The van der Waals surface area contributed by atoms with Crippen LogP contribution in [0.1, 0.15) is 12.8 Å². The Balaban J connectivity index is 1.72. The minimum absolute atomic E-state index is 0.300. The topological polar surface area (TPSA) is 55.4 Å². The highest BCUT2D eigenvalue weighted by molar-refractivity contribution is 7.96. The van der Waals surface area contributed by atoms with E-state index in [2.05, 4.69) is 25.7 Å². The maximum atomic E-state index is 9.92. The number of aromatic nitrogens is 2. The largest absolute Gasteiger partial charge is 0.508 e. The zero-order chi connectivity index (χ0) is 13.7. The van der Waals surface area contributed by atoms with Gasteiger partial charge in [-0.25, -0.2) is 4.31 Å². The molecule has 0 unspecified atom stereocenters. The number of hydrogen-bond acceptors (Lipinski definition) is 5. The molecule has 1 saturated carbocycles. The normalized spacial score (nSPS) is 21.8. The minimum atomic E-state index is 0.300. The first-order chi connectivity index (χ1) is 9.72. The van der Waals surface area contributed by atoms with Crippen LogP contribution in [0.4, 0.5) is 5.69 Å². The van der Waals surface area contributed by atoms with E-state index in [0.29, 0.717) is 11.3 Å². The highest BCUT2D eigenvalue weighted by Gasteiger charge is 2.51. The monoisotopic (exact) mass is 290 g/mol. The van der Waals surface area contributed by atoms with E-state index in [1.54, 1.807) is 6.07 Å². The van der Waals surface area contributed by atoms with Crippen molar-refractivity contribution in [1.82, 2.24) is 14.5 Å². The summed E-state index contributed by atoms with van der Waals surface area (Å²) in [4.78, 5) is 2.40. The molecule has 2 fully saturated rings. The molecule has 1 saturated heterocycles. The predicted molar refractivity (Wildman–Crippen MR) is 82.2 cm³/mol. The second-order valence-corrected chi connectivity index (χ2v) is 6.53. The molecule has 0 bridgehead atoms. The Bertz CT molecular complexity index is 652. The van der Waals surface area contributed by atoms with E-state index in [1.807, 2.05) is 24.2 Å². The molecule has 1 aliphatic heterocycles. The molecule has 106 valence electrons. The first kappa shape index (κ1) is 12.3. The van der Waals surface area contributed by atoms with Gasteiger partial charge in [0, 0.05) is 42.7 Å². The Labute approximate surface area is 122 Å². The molecule has 1 spiro atoms. The number of anilines is 1. The second-order valence-electron chi connectivity index (χ2n) is 5.73. The average Bonchev–Trinajstić information content (AvgIpc) is 3.04. The van der Waals surface area contributed by atoms with Gasteiger partial charge in [-0.15, -0.1) is 0 Å². The van der Waals surface area contributed by atoms with Crippen LogP contribution in [0.25, 0.3) is 10.9 Å². The van der Waals surface area contributed by atoms with Gasteiger partial charge in [-0.2, -0.15) is 5.10 Å². The summed E-state index contributed by atoms with van der Waals surface area (Å²) in [6.07, 6.45) is 6.57. The Hall–Kier alpha value is -1.40. The van der Waals surface area contributed by atoms with Crippen molar-refractivity contribution in [3.05, 3.63) is 18.3 Å². The van der Waals surface area contributed by atoms with Gasteiger partial charge in [-0.05, 0) is 19.1 Å². The summed E-state index contributed by atoms with van der Waals surface area (Å²) in [7, 11) is 0. The van der Waals surface area contributed by atoms with E-state index in [9.17, 15) is 5.11 Å². The van der Waals surface area contributed by atoms with E-state index < -0.39 is 0 Å². The molecule has 1 aromatic carbocycles. The van der Waals surface area contributed by atoms with E-state index in [4.69, 9.17) is 0 Å². The Morgan fingerprint density at radius 2 is 2.20 bits per heavy atom. The number of phenols is 1. The minimum Gasteiger partial charge on any atom is -0.508 e. The highest BCUT2D eigenvalue weighted by atomic mass is 32.2. The summed E-state index contributed by atoms with van der Waals surface area (Å²) in [5.41, 5.74) is 2.34. The van der Waals surface area contributed by atoms with Crippen LogP contribution in [-0.2, 0) is 0 Å². The number of benzene rings is 1. The summed E-state index contributed by atoms with van der Waals surface area (Å²) in [6.45, 7) is 3.10. The van der Waals surface area contributed by atoms with Crippen molar-refractivity contribution in [2.24, 2.45) is 0 Å². The summed E-state index contributed by atoms with van der Waals surface area (Å²) < 4.78 is 2.53. The van der Waals surface area contributed by atoms with Crippen LogP contribution in [0.2, 0.25) is 0 Å². The first-order valence-corrected chi connectivity index (χ1v) is 8.13. The molecule has 2 N–H and O–H groups in total. The van der Waals surface area contributed by atoms with E-state index >= 15 is 0 Å². The molecular weight excluding hydrogens is 272 g/mol. The maximum absolute atomic E-state index is 9.92. The van der Waals surface area contributed by atoms with Gasteiger partial charge in [0.2, 0.25) is 0 Å². The quantitative estimate of drug-likeness (QED) is 0.831. The standard InChI is InChI=1S/C14H18N4OS/c1-20-18-5-4-17(9-14(18)2-3-14)13-7-10(19)6-12-11(13)8-15-16-12/h6-8,19H,2-5,9H2,1H3,(H,15,16). The number of nitrogens with zero attached hydrogens (tertiary/aromatic N) is 3. The molecule has 0 atom stereocenters. The fourth-order valence-electron chi connectivity index (χ4n) is 3.28. The van der Waals surface area contributed by atoms with Crippen LogP contribution in [-0.4, -0.2) is 51.0 Å². The molecule has 2 aromatic rings. The maximum Gasteiger partial charge on any atom is 0.119 e. The number of piperazine rings is 1. The third kappa shape index (κ3) is 1.78. The Morgan fingerprint density at radius 1 is 1.35 bits per heavy atom. The molecular formula is C14H18N4OS. The van der Waals surface area contributed by atoms with Crippen molar-refractivity contribution in [1.29, 1.82) is 0 Å². The molecule has 4 rings (SSSR count). The lowest BCUT2D eigenvalue weighted by atomic mass is 10.1. The third-order valence-corrected chi connectivity index (χ3v) is 5.51. The smallest absolute Gasteiger partial charge is 0.119 e. The van der Waals surface area contributed by atoms with E-state index in [-0.39, 0.29) is 0 Å². The van der Waals surface area contributed by atoms with Gasteiger partial charge in [0.15, 0.2) is 0 Å². The van der Waals surface area contributed by atoms with Gasteiger partial charge in [-0.1, -0.05) is 11.9 Å². The molecule has 6 heteroatoms. The molecule has 2 heterocycles. The average molecular weight is 290 g/mol. The van der Waals surface area contributed by atoms with Crippen molar-refractivity contribution in [3.63, 3.8) is 0 Å². The third-order valence-electron chi connectivity index (χ3n) is 4.50. The van der Waals surface area contributed by atoms with Gasteiger partial charge in [0.05, 0.1) is 17.4 Å². The Morgan fingerprint density at radius 3 is 2.95 bits per heavy atom. The number of H-pyrrole nitrogens is 1. The molecule has 0 radical (unpaired) electrons. The van der Waals surface area contributed by atoms with Gasteiger partial charge in [0.1, 0.15) is 5.75 Å². The highest BCUT2D eigenvalue weighted by Crippen LogP contribution is 2.48. The molecule has 20 heavy (non-hydrogen) atoms. The lowest BCUT2D eigenvalue weighted by molar-refractivity contribution is 0.298. The van der Waals surface area contributed by atoms with Crippen molar-refractivity contribution >= 4 is 28.5 Å². The van der Waals surface area contributed by atoms with Crippen LogP contribution >= 0.6 is 11.9 Å².